The zero-order valence-electron chi connectivity index (χ0n) is 16.7. The number of anilines is 1. The molecule has 7 heteroatoms. The standard InChI is InChI=1S/C22H25N3O3S/c1-3-4-12-29-22-24-20-19(21(27)25-22)17(13-8-10-14(28-2)11-9-13)18-15(23-20)6-5-7-16(18)26/h8-11,17H,3-7,12H2,1-2H3,(H2,23,24,25,27)/t17-/m0/s1. The highest BCUT2D eigenvalue weighted by Crippen LogP contribution is 2.43. The average molecular weight is 412 g/mol. The summed E-state index contributed by atoms with van der Waals surface area (Å²) in [5.41, 5.74) is 2.83. The summed E-state index contributed by atoms with van der Waals surface area (Å²) in [6.07, 6.45) is 4.28. The van der Waals surface area contributed by atoms with Crippen LogP contribution in [0.2, 0.25) is 0 Å². The molecule has 0 bridgehead atoms. The molecule has 4 rings (SSSR count). The predicted octanol–water partition coefficient (Wildman–Crippen LogP) is 4.24. The molecule has 152 valence electrons. The van der Waals surface area contributed by atoms with Crippen LogP contribution in [0.1, 0.15) is 56.1 Å². The zero-order valence-corrected chi connectivity index (χ0v) is 17.5. The molecule has 0 radical (unpaired) electrons. The van der Waals surface area contributed by atoms with Crippen molar-refractivity contribution in [3.8, 4) is 5.75 Å². The molecule has 2 N–H and O–H groups in total. The summed E-state index contributed by atoms with van der Waals surface area (Å²) >= 11 is 1.56. The molecule has 2 heterocycles. The van der Waals surface area contributed by atoms with Crippen molar-refractivity contribution in [2.45, 2.75) is 50.1 Å². The number of ether oxygens (including phenoxy) is 1. The maximum absolute atomic E-state index is 13.1. The first kappa shape index (κ1) is 19.8. The molecule has 2 aliphatic rings. The zero-order chi connectivity index (χ0) is 20.4. The molecule has 0 amide bonds. The number of ketones is 1. The normalized spacial score (nSPS) is 18.1. The van der Waals surface area contributed by atoms with Crippen LogP contribution in [0.4, 0.5) is 5.82 Å². The molecule has 1 atom stereocenters. The minimum absolute atomic E-state index is 0.103. The van der Waals surface area contributed by atoms with E-state index < -0.39 is 5.92 Å². The van der Waals surface area contributed by atoms with E-state index in [0.29, 0.717) is 28.5 Å². The Morgan fingerprint density at radius 2 is 2.00 bits per heavy atom. The molecule has 6 nitrogen and oxygen atoms in total. The number of hydrogen-bond donors (Lipinski definition) is 2. The van der Waals surface area contributed by atoms with Crippen molar-refractivity contribution in [3.05, 3.63) is 57.0 Å². The number of aromatic amines is 1. The van der Waals surface area contributed by atoms with Gasteiger partial charge < -0.3 is 15.0 Å². The third-order valence-electron chi connectivity index (χ3n) is 5.42. The van der Waals surface area contributed by atoms with Crippen LogP contribution >= 0.6 is 11.8 Å². The first-order valence-electron chi connectivity index (χ1n) is 10.1. The Kier molecular flexibility index (Phi) is 5.76. The lowest BCUT2D eigenvalue weighted by molar-refractivity contribution is -0.116. The number of thioether (sulfide) groups is 1. The summed E-state index contributed by atoms with van der Waals surface area (Å²) in [4.78, 5) is 33.6. The summed E-state index contributed by atoms with van der Waals surface area (Å²) in [7, 11) is 1.62. The van der Waals surface area contributed by atoms with Gasteiger partial charge in [0.25, 0.3) is 5.56 Å². The maximum atomic E-state index is 13.1. The number of H-pyrrole nitrogens is 1. The molecule has 1 aliphatic carbocycles. The Bertz CT molecular complexity index is 1010. The molecule has 1 aromatic carbocycles. The largest absolute Gasteiger partial charge is 0.497 e. The van der Waals surface area contributed by atoms with E-state index in [2.05, 4.69) is 17.2 Å². The van der Waals surface area contributed by atoms with Crippen molar-refractivity contribution >= 4 is 23.4 Å². The number of carbonyl (C=O) groups is 1. The summed E-state index contributed by atoms with van der Waals surface area (Å²) < 4.78 is 5.27. The van der Waals surface area contributed by atoms with Gasteiger partial charge in [-0.2, -0.15) is 0 Å². The first-order valence-corrected chi connectivity index (χ1v) is 11.0. The van der Waals surface area contributed by atoms with Crippen LogP contribution in [-0.4, -0.2) is 28.6 Å². The van der Waals surface area contributed by atoms with Crippen molar-refractivity contribution in [1.29, 1.82) is 0 Å². The quantitative estimate of drug-likeness (QED) is 0.420. The van der Waals surface area contributed by atoms with Crippen LogP contribution < -0.4 is 15.6 Å². The lowest BCUT2D eigenvalue weighted by atomic mass is 9.76. The van der Waals surface area contributed by atoms with E-state index >= 15 is 0 Å². The van der Waals surface area contributed by atoms with E-state index in [1.54, 1.807) is 18.9 Å². The van der Waals surface area contributed by atoms with Gasteiger partial charge in [-0.3, -0.25) is 9.59 Å². The highest BCUT2D eigenvalue weighted by Gasteiger charge is 2.37. The third-order valence-corrected chi connectivity index (χ3v) is 6.38. The fraction of sp³-hybridized carbons (Fsp3) is 0.409. The van der Waals surface area contributed by atoms with Crippen LogP contribution in [0.5, 0.6) is 5.75 Å². The number of nitrogens with zero attached hydrogens (tertiary/aromatic N) is 1. The molecular weight excluding hydrogens is 386 g/mol. The summed E-state index contributed by atoms with van der Waals surface area (Å²) in [5.74, 6) is 1.91. The van der Waals surface area contributed by atoms with Crippen LogP contribution in [0.25, 0.3) is 0 Å². The average Bonchev–Trinajstić information content (AvgIpc) is 2.73. The topological polar surface area (TPSA) is 84.1 Å². The number of aromatic nitrogens is 2. The Morgan fingerprint density at radius 3 is 2.72 bits per heavy atom. The van der Waals surface area contributed by atoms with Gasteiger partial charge in [0, 0.05) is 29.4 Å². The number of unbranched alkanes of at least 4 members (excludes halogenated alkanes) is 1. The van der Waals surface area contributed by atoms with Gasteiger partial charge in [-0.05, 0) is 37.0 Å². The van der Waals surface area contributed by atoms with E-state index in [4.69, 9.17) is 9.72 Å². The predicted molar refractivity (Wildman–Crippen MR) is 115 cm³/mol. The number of carbonyl (C=O) groups excluding carboxylic acids is 1. The molecule has 0 saturated heterocycles. The maximum Gasteiger partial charge on any atom is 0.257 e. The summed E-state index contributed by atoms with van der Waals surface area (Å²) in [6.45, 7) is 2.14. The lowest BCUT2D eigenvalue weighted by Gasteiger charge is -2.32. The van der Waals surface area contributed by atoms with E-state index in [0.717, 1.165) is 48.4 Å². The lowest BCUT2D eigenvalue weighted by Crippen LogP contribution is -2.32. The molecule has 0 unspecified atom stereocenters. The van der Waals surface area contributed by atoms with Crippen LogP contribution in [0.15, 0.2) is 45.5 Å². The second-order valence-electron chi connectivity index (χ2n) is 7.34. The Hall–Kier alpha value is -2.54. The van der Waals surface area contributed by atoms with Gasteiger partial charge >= 0.3 is 0 Å². The molecule has 1 aliphatic heterocycles. The van der Waals surface area contributed by atoms with Gasteiger partial charge in [-0.15, -0.1) is 0 Å². The number of fused-ring (bicyclic) bond motifs is 1. The Balaban J connectivity index is 1.82. The number of allylic oxidation sites excluding steroid dienone is 2. The summed E-state index contributed by atoms with van der Waals surface area (Å²) in [6, 6.07) is 7.57. The van der Waals surface area contributed by atoms with E-state index in [-0.39, 0.29) is 11.3 Å². The number of Topliss-reactive ketones (excluding diaryl/α,β-unsaturated/α-hetero) is 1. The second kappa shape index (κ2) is 8.45. The monoisotopic (exact) mass is 411 g/mol. The van der Waals surface area contributed by atoms with Gasteiger partial charge in [0.2, 0.25) is 0 Å². The Labute approximate surface area is 174 Å². The molecule has 1 aromatic heterocycles. The fourth-order valence-corrected chi connectivity index (χ4v) is 4.90. The van der Waals surface area contributed by atoms with Crippen molar-refractivity contribution in [3.63, 3.8) is 0 Å². The minimum Gasteiger partial charge on any atom is -0.497 e. The molecule has 29 heavy (non-hydrogen) atoms. The molecule has 2 aromatic rings. The number of hydrogen-bond acceptors (Lipinski definition) is 6. The first-order chi connectivity index (χ1) is 14.1. The molecule has 0 fully saturated rings. The SMILES string of the molecule is CCCCSc1nc2c(c(=O)[nH]1)[C@@H](c1ccc(OC)cc1)C1=C(CCCC1=O)N2. The van der Waals surface area contributed by atoms with Crippen LogP contribution in [-0.2, 0) is 4.79 Å². The van der Waals surface area contributed by atoms with Crippen LogP contribution in [0.3, 0.4) is 0 Å². The molecule has 0 spiro atoms. The smallest absolute Gasteiger partial charge is 0.257 e. The van der Waals surface area contributed by atoms with Crippen molar-refractivity contribution in [2.75, 3.05) is 18.2 Å². The third kappa shape index (κ3) is 3.83. The Morgan fingerprint density at radius 1 is 1.21 bits per heavy atom. The van der Waals surface area contributed by atoms with Gasteiger partial charge in [0.05, 0.1) is 12.7 Å². The minimum atomic E-state index is -0.411. The number of methoxy groups -OCH3 is 1. The number of rotatable bonds is 6. The van der Waals surface area contributed by atoms with Crippen molar-refractivity contribution in [1.82, 2.24) is 9.97 Å². The highest BCUT2D eigenvalue weighted by atomic mass is 32.2. The van der Waals surface area contributed by atoms with Gasteiger partial charge in [0.1, 0.15) is 11.6 Å². The fourth-order valence-electron chi connectivity index (χ4n) is 3.95. The van der Waals surface area contributed by atoms with E-state index in [1.165, 1.54) is 0 Å². The molecular formula is C22H25N3O3S. The van der Waals surface area contributed by atoms with Crippen molar-refractivity contribution in [2.24, 2.45) is 0 Å². The van der Waals surface area contributed by atoms with Gasteiger partial charge in [-0.25, -0.2) is 4.98 Å². The highest BCUT2D eigenvalue weighted by molar-refractivity contribution is 7.99. The van der Waals surface area contributed by atoms with Gasteiger partial charge in [-0.1, -0.05) is 37.2 Å². The van der Waals surface area contributed by atoms with Crippen LogP contribution in [0, 0.1) is 0 Å². The second-order valence-corrected chi connectivity index (χ2v) is 8.42. The molecule has 0 saturated carbocycles. The van der Waals surface area contributed by atoms with E-state index in [1.807, 2.05) is 24.3 Å². The number of nitrogens with one attached hydrogen (secondary N) is 2. The number of benzene rings is 1. The van der Waals surface area contributed by atoms with Crippen molar-refractivity contribution < 1.29 is 9.53 Å². The van der Waals surface area contributed by atoms with E-state index in [9.17, 15) is 9.59 Å². The van der Waals surface area contributed by atoms with Gasteiger partial charge in [0.15, 0.2) is 10.9 Å². The summed E-state index contributed by atoms with van der Waals surface area (Å²) in [5, 5.41) is 3.93.